The number of halogens is 2. The molecule has 1 aromatic carbocycles. The van der Waals surface area contributed by atoms with E-state index in [2.05, 4.69) is 4.98 Å². The van der Waals surface area contributed by atoms with E-state index in [-0.39, 0.29) is 36.5 Å². The molecule has 1 atom stereocenters. The Kier molecular flexibility index (Phi) is 5.51. The Morgan fingerprint density at radius 2 is 1.87 bits per heavy atom. The van der Waals surface area contributed by atoms with Crippen LogP contribution in [0.3, 0.4) is 0 Å². The number of anilines is 1. The van der Waals surface area contributed by atoms with Crippen LogP contribution in [0.15, 0.2) is 30.5 Å². The summed E-state index contributed by atoms with van der Waals surface area (Å²) < 4.78 is 33.8. The zero-order valence-corrected chi connectivity index (χ0v) is 16.9. The lowest BCUT2D eigenvalue weighted by atomic mass is 9.92. The van der Waals surface area contributed by atoms with Crippen molar-refractivity contribution in [2.75, 3.05) is 24.7 Å². The van der Waals surface area contributed by atoms with Gasteiger partial charge in [-0.2, -0.15) is 0 Å². The van der Waals surface area contributed by atoms with E-state index in [0.717, 1.165) is 4.90 Å². The first kappa shape index (κ1) is 20.4. The fourth-order valence-electron chi connectivity index (χ4n) is 3.80. The van der Waals surface area contributed by atoms with Crippen molar-refractivity contribution >= 4 is 17.6 Å². The fraction of sp³-hybridized carbons (Fsp3) is 0.409. The lowest BCUT2D eigenvalue weighted by Crippen LogP contribution is -2.65. The molecular weight excluding hydrogens is 392 g/mol. The van der Waals surface area contributed by atoms with Gasteiger partial charge < -0.3 is 9.64 Å². The van der Waals surface area contributed by atoms with Gasteiger partial charge >= 0.3 is 0 Å². The van der Waals surface area contributed by atoms with Gasteiger partial charge in [-0.3, -0.25) is 14.5 Å². The van der Waals surface area contributed by atoms with Crippen molar-refractivity contribution < 1.29 is 23.1 Å². The molecule has 2 aliphatic heterocycles. The van der Waals surface area contributed by atoms with Gasteiger partial charge in [-0.1, -0.05) is 19.1 Å². The zero-order chi connectivity index (χ0) is 21.4. The number of carbonyl (C=O) groups excluding carboxylic acids is 2. The monoisotopic (exact) mass is 415 g/mol. The predicted molar refractivity (Wildman–Crippen MR) is 106 cm³/mol. The van der Waals surface area contributed by atoms with Crippen LogP contribution in [-0.2, 0) is 27.3 Å². The molecule has 3 heterocycles. The highest BCUT2D eigenvalue weighted by Gasteiger charge is 2.47. The molecule has 6 nitrogen and oxygen atoms in total. The lowest BCUT2D eigenvalue weighted by molar-refractivity contribution is -0.155. The number of pyridine rings is 1. The molecule has 4 rings (SSSR count). The molecule has 0 bridgehead atoms. The quantitative estimate of drug-likeness (QED) is 0.753. The van der Waals surface area contributed by atoms with Crippen molar-refractivity contribution in [3.63, 3.8) is 0 Å². The summed E-state index contributed by atoms with van der Waals surface area (Å²) in [5.74, 6) is -2.07. The van der Waals surface area contributed by atoms with Gasteiger partial charge in [0.05, 0.1) is 13.2 Å². The summed E-state index contributed by atoms with van der Waals surface area (Å²) in [6, 6.07) is 5.28. The van der Waals surface area contributed by atoms with Crippen LogP contribution < -0.4 is 4.90 Å². The van der Waals surface area contributed by atoms with Gasteiger partial charge in [0.1, 0.15) is 18.4 Å². The summed E-state index contributed by atoms with van der Waals surface area (Å²) in [7, 11) is 0. The lowest BCUT2D eigenvalue weighted by Gasteiger charge is -2.45. The van der Waals surface area contributed by atoms with Crippen LogP contribution >= 0.6 is 0 Å². The van der Waals surface area contributed by atoms with E-state index in [1.54, 1.807) is 19.1 Å². The first-order valence-electron chi connectivity index (χ1n) is 9.97. The molecular formula is C22H23F2N3O3. The molecule has 0 spiro atoms. The number of rotatable bonds is 5. The molecule has 158 valence electrons. The van der Waals surface area contributed by atoms with E-state index in [1.165, 1.54) is 23.2 Å². The van der Waals surface area contributed by atoms with Gasteiger partial charge in [-0.05, 0) is 42.2 Å². The van der Waals surface area contributed by atoms with Crippen molar-refractivity contribution in [2.24, 2.45) is 5.92 Å². The largest absolute Gasteiger partial charge is 0.380 e. The molecule has 0 saturated carbocycles. The highest BCUT2D eigenvalue weighted by molar-refractivity contribution is 6.06. The van der Waals surface area contributed by atoms with Gasteiger partial charge in [0.2, 0.25) is 5.91 Å². The second kappa shape index (κ2) is 8.10. The number of aryl methyl sites for hydroxylation is 2. The van der Waals surface area contributed by atoms with E-state index in [9.17, 15) is 18.4 Å². The minimum Gasteiger partial charge on any atom is -0.380 e. The average Bonchev–Trinajstić information content (AvgIpc) is 2.68. The molecule has 2 amide bonds. The topological polar surface area (TPSA) is 62.7 Å². The molecule has 30 heavy (non-hydrogen) atoms. The molecule has 8 heteroatoms. The maximum absolute atomic E-state index is 14.6. The number of amides is 2. The summed E-state index contributed by atoms with van der Waals surface area (Å²) >= 11 is 0. The molecule has 2 aliphatic rings. The number of ether oxygens (including phenoxy) is 1. The summed E-state index contributed by atoms with van der Waals surface area (Å²) in [6.45, 7) is 3.99. The third-order valence-corrected chi connectivity index (χ3v) is 5.71. The highest BCUT2D eigenvalue weighted by atomic mass is 19.1. The van der Waals surface area contributed by atoms with Crippen molar-refractivity contribution in [2.45, 2.75) is 32.9 Å². The highest BCUT2D eigenvalue weighted by Crippen LogP contribution is 2.30. The third kappa shape index (κ3) is 3.67. The predicted octanol–water partition coefficient (Wildman–Crippen LogP) is 2.62. The van der Waals surface area contributed by atoms with E-state index >= 15 is 0 Å². The van der Waals surface area contributed by atoms with Crippen LogP contribution in [0.25, 0.3) is 0 Å². The van der Waals surface area contributed by atoms with Crippen molar-refractivity contribution in [1.29, 1.82) is 0 Å². The normalized spacial score (nSPS) is 19.9. The molecule has 0 N–H and O–H groups in total. The molecule has 2 fully saturated rings. The van der Waals surface area contributed by atoms with Crippen LogP contribution in [0.5, 0.6) is 0 Å². The van der Waals surface area contributed by atoms with Gasteiger partial charge in [-0.25, -0.2) is 13.8 Å². The Bertz CT molecular complexity index is 994. The standard InChI is InChI=1S/C22H23F2N3O3/c1-3-14-6-18(24)21(25-8-14)27-10-19(28)26(20(22(27)29)16-11-30-12-16)9-15-5-4-13(2)17(23)7-15/h4-8,16,20H,3,9-12H2,1-2H3/t20-/m1/s1. The van der Waals surface area contributed by atoms with E-state index in [4.69, 9.17) is 4.74 Å². The van der Waals surface area contributed by atoms with Gasteiger partial charge in [-0.15, -0.1) is 0 Å². The molecule has 0 unspecified atom stereocenters. The van der Waals surface area contributed by atoms with Gasteiger partial charge in [0.25, 0.3) is 5.91 Å². The second-order valence-corrected chi connectivity index (χ2v) is 7.77. The average molecular weight is 415 g/mol. The minimum absolute atomic E-state index is 0.0987. The minimum atomic E-state index is -0.809. The van der Waals surface area contributed by atoms with Gasteiger partial charge in [0.15, 0.2) is 11.6 Å². The maximum Gasteiger partial charge on any atom is 0.251 e. The van der Waals surface area contributed by atoms with E-state index in [0.29, 0.717) is 36.3 Å². The van der Waals surface area contributed by atoms with Crippen LogP contribution in [0, 0.1) is 24.5 Å². The smallest absolute Gasteiger partial charge is 0.251 e. The molecule has 0 radical (unpaired) electrons. The number of piperazine rings is 1. The first-order chi connectivity index (χ1) is 14.4. The zero-order valence-electron chi connectivity index (χ0n) is 16.9. The Morgan fingerprint density at radius 3 is 2.47 bits per heavy atom. The number of hydrogen-bond acceptors (Lipinski definition) is 4. The van der Waals surface area contributed by atoms with Crippen molar-refractivity contribution in [3.8, 4) is 0 Å². The Hall–Kier alpha value is -2.87. The van der Waals surface area contributed by atoms with Crippen LogP contribution in [0.4, 0.5) is 14.6 Å². The number of benzene rings is 1. The summed E-state index contributed by atoms with van der Waals surface area (Å²) in [5, 5.41) is 0. The summed E-state index contributed by atoms with van der Waals surface area (Å²) in [5.41, 5.74) is 1.81. The van der Waals surface area contributed by atoms with Crippen molar-refractivity contribution in [1.82, 2.24) is 9.88 Å². The second-order valence-electron chi connectivity index (χ2n) is 7.77. The molecule has 1 aromatic heterocycles. The van der Waals surface area contributed by atoms with E-state index < -0.39 is 17.8 Å². The first-order valence-corrected chi connectivity index (χ1v) is 9.97. The maximum atomic E-state index is 14.6. The van der Waals surface area contributed by atoms with E-state index in [1.807, 2.05) is 6.92 Å². The van der Waals surface area contributed by atoms with Crippen molar-refractivity contribution in [3.05, 3.63) is 58.8 Å². The molecule has 0 aliphatic carbocycles. The molecule has 2 aromatic rings. The number of hydrogen-bond donors (Lipinski definition) is 0. The number of nitrogens with zero attached hydrogens (tertiary/aromatic N) is 3. The Labute approximate surface area is 173 Å². The molecule has 2 saturated heterocycles. The van der Waals surface area contributed by atoms with Crippen LogP contribution in [-0.4, -0.2) is 47.5 Å². The van der Waals surface area contributed by atoms with Gasteiger partial charge in [0, 0.05) is 18.7 Å². The number of aromatic nitrogens is 1. The SMILES string of the molecule is CCc1cnc(N2CC(=O)N(Cc3ccc(C)c(F)c3)[C@H](C3COC3)C2=O)c(F)c1. The fourth-order valence-corrected chi connectivity index (χ4v) is 3.80. The number of carbonyl (C=O) groups is 2. The Morgan fingerprint density at radius 1 is 1.13 bits per heavy atom. The summed E-state index contributed by atoms with van der Waals surface area (Å²) in [4.78, 5) is 33.0. The summed E-state index contributed by atoms with van der Waals surface area (Å²) in [6.07, 6.45) is 2.12. The van der Waals surface area contributed by atoms with Crippen LogP contribution in [0.2, 0.25) is 0 Å². The van der Waals surface area contributed by atoms with Crippen LogP contribution in [0.1, 0.15) is 23.6 Å². The third-order valence-electron chi connectivity index (χ3n) is 5.71. The Balaban J connectivity index is 1.65.